The van der Waals surface area contributed by atoms with E-state index >= 15 is 0 Å². The Kier molecular flexibility index (Phi) is 4.13. The largest absolute Gasteiger partial charge is 0.379 e. The Morgan fingerprint density at radius 2 is 1.76 bits per heavy atom. The summed E-state index contributed by atoms with van der Waals surface area (Å²) in [7, 11) is 0. The van der Waals surface area contributed by atoms with Gasteiger partial charge in [-0.05, 0) is 38.0 Å². The zero-order chi connectivity index (χ0) is 12.3. The molecule has 0 spiro atoms. The van der Waals surface area contributed by atoms with Crippen molar-refractivity contribution in [2.75, 3.05) is 26.3 Å². The van der Waals surface area contributed by atoms with Gasteiger partial charge in [0, 0.05) is 23.5 Å². The molecule has 0 N–H and O–H groups in total. The molecule has 0 bridgehead atoms. The van der Waals surface area contributed by atoms with E-state index < -0.39 is 0 Å². The van der Waals surface area contributed by atoms with E-state index in [-0.39, 0.29) is 5.54 Å². The van der Waals surface area contributed by atoms with Crippen LogP contribution in [0.25, 0.3) is 0 Å². The van der Waals surface area contributed by atoms with Crippen LogP contribution < -0.4 is 0 Å². The third kappa shape index (κ3) is 3.47. The van der Waals surface area contributed by atoms with Crippen LogP contribution in [0.2, 0.25) is 0 Å². The lowest BCUT2D eigenvalue weighted by Gasteiger charge is -2.41. The fraction of sp³-hybridized carbons (Fsp3) is 0.571. The Hall–Kier alpha value is -0.510. The minimum Gasteiger partial charge on any atom is -0.379 e. The molecule has 1 fully saturated rings. The molecule has 1 saturated heterocycles. The van der Waals surface area contributed by atoms with Crippen molar-refractivity contribution >= 4 is 12.6 Å². The predicted molar refractivity (Wildman–Crippen MR) is 73.9 cm³/mol. The Labute approximate surface area is 109 Å². The molecule has 0 unspecified atom stereocenters. The minimum absolute atomic E-state index is 0.196. The molecule has 1 aliphatic rings. The molecule has 17 heavy (non-hydrogen) atoms. The van der Waals surface area contributed by atoms with E-state index in [4.69, 9.17) is 4.74 Å². The summed E-state index contributed by atoms with van der Waals surface area (Å²) in [5.74, 6) is 0. The number of hydrogen-bond donors (Lipinski definition) is 1. The Balaban J connectivity index is 2.02. The third-order valence-electron chi connectivity index (χ3n) is 3.44. The quantitative estimate of drug-likeness (QED) is 0.829. The summed E-state index contributed by atoms with van der Waals surface area (Å²) >= 11 is 4.32. The number of rotatable bonds is 3. The molecule has 2 nitrogen and oxygen atoms in total. The topological polar surface area (TPSA) is 12.5 Å². The van der Waals surface area contributed by atoms with Crippen molar-refractivity contribution in [3.8, 4) is 0 Å². The summed E-state index contributed by atoms with van der Waals surface area (Å²) < 4.78 is 5.41. The molecule has 1 heterocycles. The second-order valence-electron chi connectivity index (χ2n) is 5.26. The first kappa shape index (κ1) is 12.9. The summed E-state index contributed by atoms with van der Waals surface area (Å²) in [5, 5.41) is 0. The average molecular weight is 251 g/mol. The molecule has 1 aromatic carbocycles. The summed E-state index contributed by atoms with van der Waals surface area (Å²) in [6, 6.07) is 8.47. The minimum atomic E-state index is 0.196. The van der Waals surface area contributed by atoms with E-state index in [2.05, 4.69) is 55.6 Å². The van der Waals surface area contributed by atoms with Crippen molar-refractivity contribution < 1.29 is 4.74 Å². The van der Waals surface area contributed by atoms with Gasteiger partial charge in [-0.1, -0.05) is 12.1 Å². The van der Waals surface area contributed by atoms with Crippen LogP contribution in [0.3, 0.4) is 0 Å². The van der Waals surface area contributed by atoms with Crippen LogP contribution in [-0.4, -0.2) is 36.7 Å². The van der Waals surface area contributed by atoms with Crippen LogP contribution in [0, 0.1) is 0 Å². The standard InChI is InChI=1S/C14H21NOS/c1-14(2,15-7-9-16-10-8-15)11-12-3-5-13(17)6-4-12/h3-6,17H,7-11H2,1-2H3. The lowest BCUT2D eigenvalue weighted by atomic mass is 9.92. The normalized spacial score (nSPS) is 18.3. The van der Waals surface area contributed by atoms with E-state index in [1.807, 2.05) is 0 Å². The molecule has 94 valence electrons. The lowest BCUT2D eigenvalue weighted by Crippen LogP contribution is -2.51. The van der Waals surface area contributed by atoms with Crippen molar-refractivity contribution in [3.05, 3.63) is 29.8 Å². The zero-order valence-electron chi connectivity index (χ0n) is 10.6. The number of ether oxygens (including phenoxy) is 1. The first-order valence-electron chi connectivity index (χ1n) is 6.19. The second kappa shape index (κ2) is 5.42. The molecular formula is C14H21NOS. The number of hydrogen-bond acceptors (Lipinski definition) is 3. The van der Waals surface area contributed by atoms with Crippen molar-refractivity contribution in [1.29, 1.82) is 0 Å². The van der Waals surface area contributed by atoms with Gasteiger partial charge in [0.25, 0.3) is 0 Å². The number of morpholine rings is 1. The maximum Gasteiger partial charge on any atom is 0.0594 e. The monoisotopic (exact) mass is 251 g/mol. The van der Waals surface area contributed by atoms with Gasteiger partial charge in [0.15, 0.2) is 0 Å². The van der Waals surface area contributed by atoms with Crippen LogP contribution in [0.5, 0.6) is 0 Å². The van der Waals surface area contributed by atoms with Gasteiger partial charge in [-0.25, -0.2) is 0 Å². The molecule has 1 aliphatic heterocycles. The second-order valence-corrected chi connectivity index (χ2v) is 5.77. The number of nitrogens with zero attached hydrogens (tertiary/aromatic N) is 1. The number of benzene rings is 1. The Morgan fingerprint density at radius 3 is 2.35 bits per heavy atom. The van der Waals surface area contributed by atoms with E-state index in [9.17, 15) is 0 Å². The maximum atomic E-state index is 5.41. The lowest BCUT2D eigenvalue weighted by molar-refractivity contribution is -0.00984. The zero-order valence-corrected chi connectivity index (χ0v) is 11.5. The molecule has 0 aromatic heterocycles. The summed E-state index contributed by atoms with van der Waals surface area (Å²) in [5.41, 5.74) is 1.57. The SMILES string of the molecule is CC(C)(Cc1ccc(S)cc1)N1CCOCC1. The van der Waals surface area contributed by atoms with Crippen LogP contribution in [0.15, 0.2) is 29.2 Å². The highest BCUT2D eigenvalue weighted by Crippen LogP contribution is 2.22. The predicted octanol–water partition coefficient (Wildman–Crippen LogP) is 2.63. The third-order valence-corrected chi connectivity index (χ3v) is 3.74. The van der Waals surface area contributed by atoms with Crippen LogP contribution in [0.4, 0.5) is 0 Å². The highest BCUT2D eigenvalue weighted by Gasteiger charge is 2.28. The van der Waals surface area contributed by atoms with Crippen molar-refractivity contribution in [1.82, 2.24) is 4.90 Å². The molecule has 0 aliphatic carbocycles. The van der Waals surface area contributed by atoms with Gasteiger partial charge in [0.05, 0.1) is 13.2 Å². The van der Waals surface area contributed by atoms with Crippen LogP contribution in [-0.2, 0) is 11.2 Å². The summed E-state index contributed by atoms with van der Waals surface area (Å²) in [6.45, 7) is 8.42. The maximum absolute atomic E-state index is 5.41. The molecule has 0 atom stereocenters. The van der Waals surface area contributed by atoms with E-state index in [0.717, 1.165) is 37.6 Å². The molecule has 0 amide bonds. The Morgan fingerprint density at radius 1 is 1.18 bits per heavy atom. The molecule has 3 heteroatoms. The highest BCUT2D eigenvalue weighted by molar-refractivity contribution is 7.80. The molecule has 2 rings (SSSR count). The number of thiol groups is 1. The summed E-state index contributed by atoms with van der Waals surface area (Å²) in [6.07, 6.45) is 1.07. The highest BCUT2D eigenvalue weighted by atomic mass is 32.1. The molecule has 0 saturated carbocycles. The van der Waals surface area contributed by atoms with E-state index in [1.165, 1.54) is 5.56 Å². The molecule has 0 radical (unpaired) electrons. The fourth-order valence-electron chi connectivity index (χ4n) is 2.39. The summed E-state index contributed by atoms with van der Waals surface area (Å²) in [4.78, 5) is 3.54. The van der Waals surface area contributed by atoms with Crippen LogP contribution in [0.1, 0.15) is 19.4 Å². The fourth-order valence-corrected chi connectivity index (χ4v) is 2.54. The Bertz CT molecular complexity index is 355. The van der Waals surface area contributed by atoms with E-state index in [0.29, 0.717) is 0 Å². The molecule has 1 aromatic rings. The average Bonchev–Trinajstić information content (AvgIpc) is 2.33. The van der Waals surface area contributed by atoms with Gasteiger partial charge in [-0.3, -0.25) is 4.90 Å². The van der Waals surface area contributed by atoms with E-state index in [1.54, 1.807) is 0 Å². The van der Waals surface area contributed by atoms with Gasteiger partial charge in [0.2, 0.25) is 0 Å². The van der Waals surface area contributed by atoms with Gasteiger partial charge in [-0.15, -0.1) is 12.6 Å². The van der Waals surface area contributed by atoms with Crippen LogP contribution >= 0.6 is 12.6 Å². The van der Waals surface area contributed by atoms with Gasteiger partial charge >= 0.3 is 0 Å². The molecular weight excluding hydrogens is 230 g/mol. The van der Waals surface area contributed by atoms with Gasteiger partial charge < -0.3 is 4.74 Å². The first-order chi connectivity index (χ1) is 8.08. The van der Waals surface area contributed by atoms with Crippen molar-refractivity contribution in [2.24, 2.45) is 0 Å². The first-order valence-corrected chi connectivity index (χ1v) is 6.63. The van der Waals surface area contributed by atoms with Crippen molar-refractivity contribution in [3.63, 3.8) is 0 Å². The van der Waals surface area contributed by atoms with Gasteiger partial charge in [-0.2, -0.15) is 0 Å². The van der Waals surface area contributed by atoms with Gasteiger partial charge in [0.1, 0.15) is 0 Å². The smallest absolute Gasteiger partial charge is 0.0594 e. The van der Waals surface area contributed by atoms with Crippen molar-refractivity contribution in [2.45, 2.75) is 30.7 Å².